The molecule has 1 rings (SSSR count). The van der Waals surface area contributed by atoms with E-state index in [9.17, 15) is 5.11 Å². The molecule has 0 heterocycles. The lowest BCUT2D eigenvalue weighted by Gasteiger charge is -2.06. The third-order valence-corrected chi connectivity index (χ3v) is 2.72. The molecule has 90 valence electrons. The van der Waals surface area contributed by atoms with E-state index in [4.69, 9.17) is 16.3 Å². The first-order chi connectivity index (χ1) is 7.83. The Morgan fingerprint density at radius 2 is 1.94 bits per heavy atom. The second-order valence-electron chi connectivity index (χ2n) is 3.84. The molecule has 0 saturated carbocycles. The van der Waals surface area contributed by atoms with E-state index in [2.05, 4.69) is 12.1 Å². The quantitative estimate of drug-likeness (QED) is 0.561. The topological polar surface area (TPSA) is 29.5 Å². The van der Waals surface area contributed by atoms with Gasteiger partial charge in [0, 0.05) is 12.5 Å². The Morgan fingerprint density at radius 3 is 2.62 bits per heavy atom. The smallest absolute Gasteiger partial charge is 0.0716 e. The maximum atomic E-state index is 9.22. The lowest BCUT2D eigenvalue weighted by Crippen LogP contribution is -2.08. The molecule has 0 radical (unpaired) electrons. The first-order valence-electron chi connectivity index (χ1n) is 5.68. The molecule has 0 fully saturated rings. The minimum absolute atomic E-state index is 0.324. The maximum absolute atomic E-state index is 9.22. The van der Waals surface area contributed by atoms with Gasteiger partial charge in [0.15, 0.2) is 0 Å². The average molecular weight is 243 g/mol. The summed E-state index contributed by atoms with van der Waals surface area (Å²) in [7, 11) is 0. The van der Waals surface area contributed by atoms with Gasteiger partial charge in [-0.15, -0.1) is 11.6 Å². The van der Waals surface area contributed by atoms with Crippen LogP contribution < -0.4 is 0 Å². The van der Waals surface area contributed by atoms with Crippen LogP contribution in [0.25, 0.3) is 0 Å². The van der Waals surface area contributed by atoms with Gasteiger partial charge in [-0.05, 0) is 24.8 Å². The van der Waals surface area contributed by atoms with Crippen LogP contribution in [0.3, 0.4) is 0 Å². The maximum Gasteiger partial charge on any atom is 0.0716 e. The number of benzene rings is 1. The molecule has 0 aliphatic heterocycles. The Morgan fingerprint density at radius 1 is 1.19 bits per heavy atom. The fourth-order valence-electron chi connectivity index (χ4n) is 1.43. The Kier molecular flexibility index (Phi) is 7.23. The van der Waals surface area contributed by atoms with E-state index < -0.39 is 0 Å². The van der Waals surface area contributed by atoms with Crippen LogP contribution in [0.2, 0.25) is 0 Å². The zero-order valence-corrected chi connectivity index (χ0v) is 10.2. The molecule has 1 aromatic carbocycles. The van der Waals surface area contributed by atoms with Gasteiger partial charge in [0.05, 0.1) is 12.7 Å². The highest BCUT2D eigenvalue weighted by atomic mass is 35.5. The van der Waals surface area contributed by atoms with Gasteiger partial charge in [0.25, 0.3) is 0 Å². The molecule has 0 aliphatic rings. The highest BCUT2D eigenvalue weighted by Crippen LogP contribution is 2.05. The van der Waals surface area contributed by atoms with Crippen molar-refractivity contribution < 1.29 is 9.84 Å². The van der Waals surface area contributed by atoms with Crippen molar-refractivity contribution in [1.82, 2.24) is 0 Å². The third kappa shape index (κ3) is 6.11. The fraction of sp³-hybridized carbons (Fsp3) is 0.538. The van der Waals surface area contributed by atoms with Gasteiger partial charge in [0.1, 0.15) is 0 Å². The van der Waals surface area contributed by atoms with Crippen LogP contribution in [0.15, 0.2) is 30.3 Å². The predicted octanol–water partition coefficient (Wildman–Crippen LogP) is 2.97. The molecule has 1 atom stereocenters. The van der Waals surface area contributed by atoms with Crippen molar-refractivity contribution >= 4 is 11.6 Å². The van der Waals surface area contributed by atoms with Crippen molar-refractivity contribution in [3.63, 3.8) is 0 Å². The van der Waals surface area contributed by atoms with E-state index in [0.717, 1.165) is 25.9 Å². The summed E-state index contributed by atoms with van der Waals surface area (Å²) in [5, 5.41) is 9.22. The first kappa shape index (κ1) is 13.5. The second-order valence-corrected chi connectivity index (χ2v) is 4.15. The van der Waals surface area contributed by atoms with Crippen molar-refractivity contribution in [2.75, 3.05) is 12.5 Å². The second kappa shape index (κ2) is 8.57. The predicted molar refractivity (Wildman–Crippen MR) is 66.7 cm³/mol. The lowest BCUT2D eigenvalue weighted by molar-refractivity contribution is 0.111. The molecule has 1 aromatic rings. The number of hydrogen-bond donors (Lipinski definition) is 1. The third-order valence-electron chi connectivity index (χ3n) is 2.37. The minimum Gasteiger partial charge on any atom is -0.392 e. The van der Waals surface area contributed by atoms with Gasteiger partial charge < -0.3 is 9.84 Å². The van der Waals surface area contributed by atoms with Gasteiger partial charge in [-0.2, -0.15) is 0 Å². The van der Waals surface area contributed by atoms with Crippen LogP contribution in [0.1, 0.15) is 24.8 Å². The zero-order chi connectivity index (χ0) is 11.6. The normalized spacial score (nSPS) is 12.6. The van der Waals surface area contributed by atoms with Gasteiger partial charge >= 0.3 is 0 Å². The molecule has 1 N–H and O–H groups in total. The van der Waals surface area contributed by atoms with Gasteiger partial charge in [-0.3, -0.25) is 0 Å². The summed E-state index contributed by atoms with van der Waals surface area (Å²) in [5.41, 5.74) is 1.20. The molecule has 3 heteroatoms. The Balaban J connectivity index is 1.96. The van der Waals surface area contributed by atoms with Crippen LogP contribution in [0.4, 0.5) is 0 Å². The molecule has 0 aliphatic carbocycles. The monoisotopic (exact) mass is 242 g/mol. The summed E-state index contributed by atoms with van der Waals surface area (Å²) in [6.07, 6.45) is 2.33. The number of hydrogen-bond acceptors (Lipinski definition) is 2. The van der Waals surface area contributed by atoms with E-state index in [-0.39, 0.29) is 6.10 Å². The van der Waals surface area contributed by atoms with E-state index in [1.54, 1.807) is 0 Å². The highest BCUT2D eigenvalue weighted by molar-refractivity contribution is 6.18. The molecule has 2 nitrogen and oxygen atoms in total. The number of alkyl halides is 1. The van der Waals surface area contributed by atoms with Crippen LogP contribution >= 0.6 is 11.6 Å². The van der Waals surface area contributed by atoms with Crippen molar-refractivity contribution in [1.29, 1.82) is 0 Å². The van der Waals surface area contributed by atoms with Crippen molar-refractivity contribution in [3.8, 4) is 0 Å². The van der Waals surface area contributed by atoms with Crippen molar-refractivity contribution in [3.05, 3.63) is 35.9 Å². The summed E-state index contributed by atoms with van der Waals surface area (Å²) in [6, 6.07) is 10.1. The van der Waals surface area contributed by atoms with E-state index in [1.165, 1.54) is 5.56 Å². The molecule has 0 aromatic heterocycles. The van der Waals surface area contributed by atoms with E-state index in [0.29, 0.717) is 12.5 Å². The fourth-order valence-corrected chi connectivity index (χ4v) is 1.58. The Hall–Kier alpha value is -0.570. The zero-order valence-electron chi connectivity index (χ0n) is 9.44. The molecular weight excluding hydrogens is 224 g/mol. The standard InChI is InChI=1S/C13H19ClO2/c14-10-13(15)8-4-5-9-16-11-12-6-2-1-3-7-12/h1-3,6-7,13,15H,4-5,8-11H2/t13-/m1/s1. The Bertz CT molecular complexity index is 264. The first-order valence-corrected chi connectivity index (χ1v) is 6.22. The van der Waals surface area contributed by atoms with Crippen LogP contribution in [0, 0.1) is 0 Å². The molecule has 0 amide bonds. The van der Waals surface area contributed by atoms with Crippen LogP contribution in [-0.2, 0) is 11.3 Å². The van der Waals surface area contributed by atoms with Crippen LogP contribution in [0.5, 0.6) is 0 Å². The number of unbranched alkanes of at least 4 members (excludes halogenated alkanes) is 1. The molecule has 0 saturated heterocycles. The van der Waals surface area contributed by atoms with Crippen molar-refractivity contribution in [2.24, 2.45) is 0 Å². The van der Waals surface area contributed by atoms with Gasteiger partial charge in [-0.25, -0.2) is 0 Å². The van der Waals surface area contributed by atoms with Crippen molar-refractivity contribution in [2.45, 2.75) is 32.0 Å². The number of aliphatic hydroxyl groups is 1. The summed E-state index contributed by atoms with van der Waals surface area (Å²) in [4.78, 5) is 0. The van der Waals surface area contributed by atoms with Crippen LogP contribution in [-0.4, -0.2) is 23.7 Å². The summed E-state index contributed by atoms with van der Waals surface area (Å²) in [6.45, 7) is 1.41. The lowest BCUT2D eigenvalue weighted by atomic mass is 10.2. The molecule has 0 bridgehead atoms. The number of halogens is 1. The average Bonchev–Trinajstić information content (AvgIpc) is 2.34. The molecule has 16 heavy (non-hydrogen) atoms. The van der Waals surface area contributed by atoms with E-state index >= 15 is 0 Å². The van der Waals surface area contributed by atoms with E-state index in [1.807, 2.05) is 18.2 Å². The Labute approximate surface area is 102 Å². The molecule has 0 unspecified atom stereocenters. The molecule has 0 spiro atoms. The largest absolute Gasteiger partial charge is 0.392 e. The number of ether oxygens (including phenoxy) is 1. The summed E-state index contributed by atoms with van der Waals surface area (Å²) < 4.78 is 5.52. The van der Waals surface area contributed by atoms with Gasteiger partial charge in [-0.1, -0.05) is 30.3 Å². The summed E-state index contributed by atoms with van der Waals surface area (Å²) >= 11 is 5.49. The minimum atomic E-state index is -0.365. The van der Waals surface area contributed by atoms with Gasteiger partial charge in [0.2, 0.25) is 0 Å². The number of aliphatic hydroxyl groups excluding tert-OH is 1. The molecular formula is C13H19ClO2. The summed E-state index contributed by atoms with van der Waals surface area (Å²) in [5.74, 6) is 0.324. The highest BCUT2D eigenvalue weighted by Gasteiger charge is 2.00. The SMILES string of the molecule is O[C@@H](CCl)CCCCOCc1ccccc1. The number of rotatable bonds is 8.